The quantitative estimate of drug-likeness (QED) is 0.238. The number of pyridine rings is 1. The summed E-state index contributed by atoms with van der Waals surface area (Å²) in [5.41, 5.74) is 5.35. The van der Waals surface area contributed by atoms with Crippen LogP contribution in [0.3, 0.4) is 0 Å². The maximum Gasteiger partial charge on any atom is 0.139 e. The topological polar surface area (TPSA) is 70.4 Å². The molecule has 0 spiro atoms. The first kappa shape index (κ1) is 26.3. The smallest absolute Gasteiger partial charge is 0.139 e. The number of benzene rings is 3. The average Bonchev–Trinajstić information content (AvgIpc) is 2.89. The van der Waals surface area contributed by atoms with Gasteiger partial charge in [-0.15, -0.1) is 0 Å². The van der Waals surface area contributed by atoms with Gasteiger partial charge in [0.15, 0.2) is 0 Å². The number of hydrogen-bond acceptors (Lipinski definition) is 6. The van der Waals surface area contributed by atoms with Crippen molar-refractivity contribution in [2.75, 3.05) is 33.6 Å². The van der Waals surface area contributed by atoms with Crippen molar-refractivity contribution in [3.8, 4) is 17.6 Å². The van der Waals surface area contributed by atoms with Gasteiger partial charge in [-0.2, -0.15) is 5.26 Å². The van der Waals surface area contributed by atoms with E-state index in [1.54, 1.807) is 19.2 Å². The molecule has 0 aliphatic heterocycles. The molecule has 37 heavy (non-hydrogen) atoms. The van der Waals surface area contributed by atoms with Gasteiger partial charge in [0, 0.05) is 29.8 Å². The SMILES string of the molecule is COc1cc(Nc2c(C#N)cnc3cc(/C=C/c4ccc(CN(C)C)cc4)c(OC)cc23)c(Cl)cc1Cl. The Morgan fingerprint density at radius 3 is 2.35 bits per heavy atom. The molecule has 0 aliphatic carbocycles. The van der Waals surface area contributed by atoms with Crippen LogP contribution in [0.25, 0.3) is 23.1 Å². The second-order valence-corrected chi connectivity index (χ2v) is 9.49. The third-order valence-electron chi connectivity index (χ3n) is 5.77. The van der Waals surface area contributed by atoms with Gasteiger partial charge >= 0.3 is 0 Å². The Morgan fingerprint density at radius 1 is 0.973 bits per heavy atom. The first-order valence-corrected chi connectivity index (χ1v) is 12.2. The van der Waals surface area contributed by atoms with E-state index in [-0.39, 0.29) is 0 Å². The fourth-order valence-electron chi connectivity index (χ4n) is 3.96. The van der Waals surface area contributed by atoms with E-state index in [4.69, 9.17) is 32.7 Å². The van der Waals surface area contributed by atoms with Gasteiger partial charge in [0.2, 0.25) is 0 Å². The Hall–Kier alpha value is -3.76. The molecule has 0 bridgehead atoms. The van der Waals surface area contributed by atoms with Crippen LogP contribution < -0.4 is 14.8 Å². The van der Waals surface area contributed by atoms with Crippen molar-refractivity contribution in [2.45, 2.75) is 6.54 Å². The molecule has 1 heterocycles. The summed E-state index contributed by atoms with van der Waals surface area (Å²) in [5, 5.41) is 14.5. The van der Waals surface area contributed by atoms with E-state index in [0.29, 0.717) is 49.4 Å². The van der Waals surface area contributed by atoms with Crippen molar-refractivity contribution in [3.63, 3.8) is 0 Å². The molecule has 8 heteroatoms. The summed E-state index contributed by atoms with van der Waals surface area (Å²) < 4.78 is 11.0. The summed E-state index contributed by atoms with van der Waals surface area (Å²) >= 11 is 12.6. The van der Waals surface area contributed by atoms with E-state index >= 15 is 0 Å². The van der Waals surface area contributed by atoms with Crippen LogP contribution in [0, 0.1) is 11.3 Å². The number of methoxy groups -OCH3 is 2. The van der Waals surface area contributed by atoms with E-state index in [2.05, 4.69) is 59.6 Å². The molecule has 0 saturated heterocycles. The van der Waals surface area contributed by atoms with E-state index in [1.165, 1.54) is 18.9 Å². The van der Waals surface area contributed by atoms with Crippen LogP contribution in [0.5, 0.6) is 11.5 Å². The lowest BCUT2D eigenvalue weighted by Crippen LogP contribution is -2.10. The number of ether oxygens (including phenoxy) is 2. The maximum atomic E-state index is 9.78. The fraction of sp³-hybridized carbons (Fsp3) is 0.172. The van der Waals surface area contributed by atoms with E-state index in [9.17, 15) is 5.26 Å². The number of nitrogens with zero attached hydrogens (tertiary/aromatic N) is 3. The molecule has 0 saturated carbocycles. The van der Waals surface area contributed by atoms with Crippen molar-refractivity contribution in [1.29, 1.82) is 5.26 Å². The summed E-state index contributed by atoms with van der Waals surface area (Å²) in [7, 11) is 7.24. The first-order valence-electron chi connectivity index (χ1n) is 11.5. The molecule has 0 unspecified atom stereocenters. The van der Waals surface area contributed by atoms with Gasteiger partial charge in [0.1, 0.15) is 17.6 Å². The Bertz CT molecular complexity index is 1510. The van der Waals surface area contributed by atoms with Crippen molar-refractivity contribution in [3.05, 3.63) is 87.0 Å². The lowest BCUT2D eigenvalue weighted by Gasteiger charge is -2.16. The highest BCUT2D eigenvalue weighted by atomic mass is 35.5. The zero-order valence-corrected chi connectivity index (χ0v) is 22.5. The zero-order valence-electron chi connectivity index (χ0n) is 21.0. The van der Waals surface area contributed by atoms with Crippen molar-refractivity contribution in [2.24, 2.45) is 0 Å². The highest BCUT2D eigenvalue weighted by molar-refractivity contribution is 6.37. The zero-order chi connectivity index (χ0) is 26.5. The number of rotatable bonds is 8. The number of fused-ring (bicyclic) bond motifs is 1. The molecule has 0 radical (unpaired) electrons. The molecule has 1 aromatic heterocycles. The highest BCUT2D eigenvalue weighted by Gasteiger charge is 2.15. The van der Waals surface area contributed by atoms with Crippen LogP contribution in [-0.2, 0) is 6.54 Å². The Kier molecular flexibility index (Phi) is 8.20. The number of hydrogen-bond donors (Lipinski definition) is 1. The normalized spacial score (nSPS) is 11.2. The molecule has 0 aliphatic rings. The second-order valence-electron chi connectivity index (χ2n) is 8.67. The van der Waals surface area contributed by atoms with Gasteiger partial charge in [-0.25, -0.2) is 0 Å². The fourth-order valence-corrected chi connectivity index (χ4v) is 4.47. The lowest BCUT2D eigenvalue weighted by molar-refractivity contribution is 0.402. The second kappa shape index (κ2) is 11.5. The van der Waals surface area contributed by atoms with Crippen molar-refractivity contribution in [1.82, 2.24) is 9.88 Å². The minimum atomic E-state index is 0.362. The summed E-state index contributed by atoms with van der Waals surface area (Å²) in [6.45, 7) is 0.892. The third kappa shape index (κ3) is 5.98. The molecule has 0 amide bonds. The lowest BCUT2D eigenvalue weighted by atomic mass is 10.0. The predicted octanol–water partition coefficient (Wildman–Crippen LogP) is 7.41. The van der Waals surface area contributed by atoms with Gasteiger partial charge < -0.3 is 19.7 Å². The average molecular weight is 533 g/mol. The molecule has 6 nitrogen and oxygen atoms in total. The monoisotopic (exact) mass is 532 g/mol. The molecule has 4 aromatic rings. The van der Waals surface area contributed by atoms with Gasteiger partial charge in [-0.3, -0.25) is 4.98 Å². The largest absolute Gasteiger partial charge is 0.496 e. The molecule has 3 aromatic carbocycles. The predicted molar refractivity (Wildman–Crippen MR) is 152 cm³/mol. The van der Waals surface area contributed by atoms with Crippen LogP contribution in [0.15, 0.2) is 54.7 Å². The molecule has 0 atom stereocenters. The van der Waals surface area contributed by atoms with Gasteiger partial charge in [0.05, 0.1) is 46.7 Å². The minimum Gasteiger partial charge on any atom is -0.496 e. The molecular formula is C29H26Cl2N4O2. The van der Waals surface area contributed by atoms with Gasteiger partial charge in [-0.05, 0) is 43.4 Å². The Morgan fingerprint density at radius 2 is 1.70 bits per heavy atom. The molecular weight excluding hydrogens is 507 g/mol. The maximum absolute atomic E-state index is 9.78. The van der Waals surface area contributed by atoms with Crippen LogP contribution in [0.1, 0.15) is 22.3 Å². The Labute approximate surface area is 226 Å². The molecule has 0 fully saturated rings. The summed E-state index contributed by atoms with van der Waals surface area (Å²) in [6.07, 6.45) is 5.56. The Balaban J connectivity index is 1.74. The third-order valence-corrected chi connectivity index (χ3v) is 6.38. The summed E-state index contributed by atoms with van der Waals surface area (Å²) in [4.78, 5) is 6.65. The number of aromatic nitrogens is 1. The first-order chi connectivity index (χ1) is 17.8. The minimum absolute atomic E-state index is 0.362. The number of nitriles is 1. The summed E-state index contributed by atoms with van der Waals surface area (Å²) in [5.74, 6) is 1.11. The number of anilines is 2. The van der Waals surface area contributed by atoms with Crippen LogP contribution in [0.2, 0.25) is 10.0 Å². The van der Waals surface area contributed by atoms with Gasteiger partial charge in [0.25, 0.3) is 0 Å². The van der Waals surface area contributed by atoms with Gasteiger partial charge in [-0.1, -0.05) is 59.6 Å². The standard InChI is InChI=1S/C29H26Cl2N4O2/c1-35(2)17-19-7-5-18(6-8-19)9-10-20-11-25-22(12-27(20)36-3)29(21(15-32)16-33-25)34-26-14-28(37-4)24(31)13-23(26)30/h5-14,16H,17H2,1-4H3,(H,33,34)/b10-9+. The van der Waals surface area contributed by atoms with Crippen LogP contribution in [-0.4, -0.2) is 38.2 Å². The van der Waals surface area contributed by atoms with E-state index in [0.717, 1.165) is 17.7 Å². The van der Waals surface area contributed by atoms with Crippen molar-refractivity contribution < 1.29 is 9.47 Å². The van der Waals surface area contributed by atoms with Crippen LogP contribution >= 0.6 is 23.2 Å². The molecule has 4 rings (SSSR count). The number of halogens is 2. The molecule has 188 valence electrons. The van der Waals surface area contributed by atoms with E-state index < -0.39 is 0 Å². The van der Waals surface area contributed by atoms with Crippen LogP contribution in [0.4, 0.5) is 11.4 Å². The van der Waals surface area contributed by atoms with Crippen molar-refractivity contribution >= 4 is 57.6 Å². The van der Waals surface area contributed by atoms with E-state index in [1.807, 2.05) is 24.3 Å². The number of nitrogens with one attached hydrogen (secondary N) is 1. The summed E-state index contributed by atoms with van der Waals surface area (Å²) in [6, 6.07) is 17.7. The molecule has 1 N–H and O–H groups in total. The highest BCUT2D eigenvalue weighted by Crippen LogP contribution is 2.39.